The third-order valence-corrected chi connectivity index (χ3v) is 6.02. The van der Waals surface area contributed by atoms with Gasteiger partial charge in [-0.1, -0.05) is 43.5 Å². The molecule has 0 spiro atoms. The zero-order valence-electron chi connectivity index (χ0n) is 11.5. The summed E-state index contributed by atoms with van der Waals surface area (Å²) in [5.41, 5.74) is 0.519. The molecule has 0 radical (unpaired) electrons. The van der Waals surface area contributed by atoms with E-state index in [4.69, 9.17) is 34.8 Å². The van der Waals surface area contributed by atoms with Crippen LogP contribution in [0.3, 0.4) is 0 Å². The molecule has 0 unspecified atom stereocenters. The quantitative estimate of drug-likeness (QED) is 0.671. The fourth-order valence-corrected chi connectivity index (χ4v) is 4.50. The average Bonchev–Trinajstić information content (AvgIpc) is 2.41. The minimum Gasteiger partial charge on any atom is -0.207 e. The first-order chi connectivity index (χ1) is 9.38. The van der Waals surface area contributed by atoms with E-state index in [1.165, 1.54) is 10.4 Å². The Morgan fingerprint density at radius 2 is 1.85 bits per heavy atom. The maximum absolute atomic E-state index is 12.7. The summed E-state index contributed by atoms with van der Waals surface area (Å²) in [6.45, 7) is 4.67. The lowest BCUT2D eigenvalue weighted by molar-refractivity contribution is 0.419. The van der Waals surface area contributed by atoms with Gasteiger partial charge in [0.1, 0.15) is 4.90 Å². The molecule has 0 aliphatic carbocycles. The second-order valence-electron chi connectivity index (χ2n) is 4.36. The summed E-state index contributed by atoms with van der Waals surface area (Å²) in [5, 5.41) is 0.467. The van der Waals surface area contributed by atoms with Gasteiger partial charge in [-0.25, -0.2) is 8.42 Å². The monoisotopic (exact) mass is 357 g/mol. The molecule has 0 bridgehead atoms. The van der Waals surface area contributed by atoms with Crippen molar-refractivity contribution in [3.8, 4) is 0 Å². The molecule has 114 valence electrons. The molecule has 1 aromatic carbocycles. The number of nitrogens with zero attached hydrogens (tertiary/aromatic N) is 1. The Labute approximate surface area is 135 Å². The average molecular weight is 359 g/mol. The smallest absolute Gasteiger partial charge is 0.207 e. The highest BCUT2D eigenvalue weighted by Gasteiger charge is 2.26. The lowest BCUT2D eigenvalue weighted by atomic mass is 10.2. The molecule has 0 N–H and O–H groups in total. The highest BCUT2D eigenvalue weighted by atomic mass is 35.5. The molecular formula is C13H18Cl3NO2S. The van der Waals surface area contributed by atoms with Crippen molar-refractivity contribution in [2.45, 2.75) is 37.5 Å². The van der Waals surface area contributed by atoms with E-state index in [0.717, 1.165) is 12.8 Å². The van der Waals surface area contributed by atoms with E-state index < -0.39 is 10.0 Å². The van der Waals surface area contributed by atoms with Crippen LogP contribution in [0.2, 0.25) is 10.0 Å². The van der Waals surface area contributed by atoms with E-state index >= 15 is 0 Å². The molecule has 0 atom stereocenters. The van der Waals surface area contributed by atoms with Crippen LogP contribution in [0, 0.1) is 0 Å². The van der Waals surface area contributed by atoms with Crippen molar-refractivity contribution in [2.75, 3.05) is 13.1 Å². The molecule has 20 heavy (non-hydrogen) atoms. The third-order valence-electron chi connectivity index (χ3n) is 2.95. The van der Waals surface area contributed by atoms with E-state index in [2.05, 4.69) is 0 Å². The van der Waals surface area contributed by atoms with Gasteiger partial charge in [0.15, 0.2) is 0 Å². The zero-order chi connectivity index (χ0) is 15.3. The SMILES string of the molecule is CCCCN(CC)S(=O)(=O)c1cc(Cl)cc(CCl)c1Cl. The summed E-state index contributed by atoms with van der Waals surface area (Å²) in [4.78, 5) is 0.0280. The second kappa shape index (κ2) is 7.85. The van der Waals surface area contributed by atoms with Gasteiger partial charge >= 0.3 is 0 Å². The molecule has 1 rings (SSSR count). The van der Waals surface area contributed by atoms with E-state index in [0.29, 0.717) is 23.7 Å². The van der Waals surface area contributed by atoms with Gasteiger partial charge in [0, 0.05) is 24.0 Å². The lowest BCUT2D eigenvalue weighted by Gasteiger charge is -2.21. The Hall–Kier alpha value is -0.000000000000000111. The maximum Gasteiger partial charge on any atom is 0.244 e. The Bertz CT molecular complexity index is 561. The molecule has 1 aromatic rings. The number of rotatable bonds is 7. The van der Waals surface area contributed by atoms with Crippen molar-refractivity contribution >= 4 is 44.8 Å². The van der Waals surface area contributed by atoms with Gasteiger partial charge in [0.05, 0.1) is 5.02 Å². The first-order valence-corrected chi connectivity index (χ1v) is 9.15. The van der Waals surface area contributed by atoms with Crippen LogP contribution in [-0.2, 0) is 15.9 Å². The number of hydrogen-bond acceptors (Lipinski definition) is 2. The fraction of sp³-hybridized carbons (Fsp3) is 0.538. The van der Waals surface area contributed by atoms with E-state index in [1.54, 1.807) is 13.0 Å². The summed E-state index contributed by atoms with van der Waals surface area (Å²) in [5.74, 6) is 0.114. The molecule has 0 aromatic heterocycles. The normalized spacial score (nSPS) is 12.1. The van der Waals surface area contributed by atoms with E-state index in [1.807, 2.05) is 6.92 Å². The number of hydrogen-bond donors (Lipinski definition) is 0. The number of halogens is 3. The van der Waals surface area contributed by atoms with E-state index in [-0.39, 0.29) is 15.8 Å². The molecule has 0 fully saturated rings. The summed E-state index contributed by atoms with van der Waals surface area (Å²) in [7, 11) is -3.65. The van der Waals surface area contributed by atoms with Crippen molar-refractivity contribution in [3.63, 3.8) is 0 Å². The zero-order valence-corrected chi connectivity index (χ0v) is 14.6. The molecule has 0 saturated carbocycles. The molecule has 0 heterocycles. The van der Waals surface area contributed by atoms with E-state index in [9.17, 15) is 8.42 Å². The largest absolute Gasteiger partial charge is 0.244 e. The van der Waals surface area contributed by atoms with Gasteiger partial charge in [0.25, 0.3) is 0 Å². The topological polar surface area (TPSA) is 37.4 Å². The summed E-state index contributed by atoms with van der Waals surface area (Å²) in [6, 6.07) is 2.96. The fourth-order valence-electron chi connectivity index (χ4n) is 1.83. The van der Waals surface area contributed by atoms with Crippen molar-refractivity contribution < 1.29 is 8.42 Å². The number of unbranched alkanes of at least 4 members (excludes halogenated alkanes) is 1. The molecule has 7 heteroatoms. The van der Waals surface area contributed by atoms with Crippen molar-refractivity contribution in [3.05, 3.63) is 27.7 Å². The summed E-state index contributed by atoms with van der Waals surface area (Å²) in [6.07, 6.45) is 1.72. The third kappa shape index (κ3) is 4.01. The Morgan fingerprint density at radius 3 is 2.35 bits per heavy atom. The van der Waals surface area contributed by atoms with Gasteiger partial charge in [-0.3, -0.25) is 0 Å². The van der Waals surface area contributed by atoms with Gasteiger partial charge in [-0.15, -0.1) is 11.6 Å². The molecule has 3 nitrogen and oxygen atoms in total. The molecule has 0 aliphatic rings. The van der Waals surface area contributed by atoms with Crippen LogP contribution in [0.15, 0.2) is 17.0 Å². The van der Waals surface area contributed by atoms with Crippen LogP contribution in [0.1, 0.15) is 32.3 Å². The number of sulfonamides is 1. The molecule has 0 amide bonds. The predicted octanol–water partition coefficient (Wildman–Crippen LogP) is 4.54. The van der Waals surface area contributed by atoms with Crippen LogP contribution in [0.4, 0.5) is 0 Å². The first kappa shape index (κ1) is 18.1. The first-order valence-electron chi connectivity index (χ1n) is 6.42. The van der Waals surface area contributed by atoms with Crippen LogP contribution < -0.4 is 0 Å². The van der Waals surface area contributed by atoms with Crippen LogP contribution in [-0.4, -0.2) is 25.8 Å². The molecule has 0 aliphatic heterocycles. The van der Waals surface area contributed by atoms with Crippen molar-refractivity contribution in [1.29, 1.82) is 0 Å². The van der Waals surface area contributed by atoms with Gasteiger partial charge in [-0.05, 0) is 24.1 Å². The van der Waals surface area contributed by atoms with Crippen molar-refractivity contribution in [1.82, 2.24) is 4.31 Å². The minimum absolute atomic E-state index is 0.0280. The summed E-state index contributed by atoms with van der Waals surface area (Å²) < 4.78 is 26.7. The van der Waals surface area contributed by atoms with Crippen LogP contribution >= 0.6 is 34.8 Å². The van der Waals surface area contributed by atoms with Gasteiger partial charge in [0.2, 0.25) is 10.0 Å². The van der Waals surface area contributed by atoms with Crippen LogP contribution in [0.5, 0.6) is 0 Å². The predicted molar refractivity (Wildman–Crippen MR) is 85.4 cm³/mol. The number of benzene rings is 1. The maximum atomic E-state index is 12.7. The lowest BCUT2D eigenvalue weighted by Crippen LogP contribution is -2.32. The Morgan fingerprint density at radius 1 is 1.20 bits per heavy atom. The molecular weight excluding hydrogens is 341 g/mol. The van der Waals surface area contributed by atoms with Crippen molar-refractivity contribution in [2.24, 2.45) is 0 Å². The van der Waals surface area contributed by atoms with Gasteiger partial charge in [-0.2, -0.15) is 4.31 Å². The van der Waals surface area contributed by atoms with Crippen LogP contribution in [0.25, 0.3) is 0 Å². The Kier molecular flexibility index (Phi) is 7.09. The second-order valence-corrected chi connectivity index (χ2v) is 7.35. The standard InChI is InChI=1S/C13H18Cl3NO2S/c1-3-5-6-17(4-2)20(18,19)12-8-11(15)7-10(9-14)13(12)16/h7-8H,3-6,9H2,1-2H3. The summed E-state index contributed by atoms with van der Waals surface area (Å²) >= 11 is 17.9. The number of alkyl halides is 1. The highest BCUT2D eigenvalue weighted by Crippen LogP contribution is 2.32. The Balaban J connectivity index is 3.30. The molecule has 0 saturated heterocycles. The van der Waals surface area contributed by atoms with Gasteiger partial charge < -0.3 is 0 Å². The highest BCUT2D eigenvalue weighted by molar-refractivity contribution is 7.89. The minimum atomic E-state index is -3.65.